The molecule has 0 saturated carbocycles. The van der Waals surface area contributed by atoms with Gasteiger partial charge in [0.05, 0.1) is 34.1 Å². The Balaban J connectivity index is 1.88. The molecule has 0 spiro atoms. The third kappa shape index (κ3) is 4.35. The number of methoxy groups -OCH3 is 1. The minimum atomic E-state index is -3.89. The topological polar surface area (TPSA) is 90.4 Å². The van der Waals surface area contributed by atoms with Crippen LogP contribution < -0.4 is 14.2 Å². The number of ether oxygens (including phenoxy) is 2. The lowest BCUT2D eigenvalue weighted by Crippen LogP contribution is -2.16. The summed E-state index contributed by atoms with van der Waals surface area (Å²) in [5.74, 6) is 0.973. The van der Waals surface area contributed by atoms with Gasteiger partial charge in [-0.2, -0.15) is 9.97 Å². The van der Waals surface area contributed by atoms with Gasteiger partial charge in [0, 0.05) is 0 Å². The predicted octanol–water partition coefficient (Wildman–Crippen LogP) is 4.35. The van der Waals surface area contributed by atoms with Crippen molar-refractivity contribution in [3.05, 3.63) is 64.9 Å². The molecule has 0 unspecified atom stereocenters. The SMILES string of the molecule is COc1ccc(S(=O)(=O)Nc2c(C)nc(Oc3ccccc3)nc2C)cc1Cl. The van der Waals surface area contributed by atoms with Gasteiger partial charge in [-0.25, -0.2) is 8.42 Å². The fraction of sp³-hybridized carbons (Fsp3) is 0.158. The molecule has 3 aromatic rings. The number of benzene rings is 2. The smallest absolute Gasteiger partial charge is 0.322 e. The summed E-state index contributed by atoms with van der Waals surface area (Å²) in [7, 11) is -2.43. The van der Waals surface area contributed by atoms with E-state index < -0.39 is 10.0 Å². The molecular weight excluding hydrogens is 402 g/mol. The minimum absolute atomic E-state index is 0.00159. The van der Waals surface area contributed by atoms with Crippen LogP contribution in [0.2, 0.25) is 5.02 Å². The first-order valence-corrected chi connectivity index (χ1v) is 10.1. The molecule has 0 aliphatic heterocycles. The zero-order valence-corrected chi connectivity index (χ0v) is 17.0. The molecule has 0 bridgehead atoms. The first kappa shape index (κ1) is 19.9. The van der Waals surface area contributed by atoms with Gasteiger partial charge >= 0.3 is 6.01 Å². The Hall–Kier alpha value is -2.84. The van der Waals surface area contributed by atoms with Crippen LogP contribution in [0.3, 0.4) is 0 Å². The summed E-state index contributed by atoms with van der Waals surface area (Å²) < 4.78 is 38.7. The number of hydrogen-bond donors (Lipinski definition) is 1. The normalized spacial score (nSPS) is 11.1. The lowest BCUT2D eigenvalue weighted by Gasteiger charge is -2.14. The van der Waals surface area contributed by atoms with Gasteiger partial charge < -0.3 is 9.47 Å². The highest BCUT2D eigenvalue weighted by atomic mass is 35.5. The summed E-state index contributed by atoms with van der Waals surface area (Å²) in [6, 6.07) is 13.4. The predicted molar refractivity (Wildman–Crippen MR) is 107 cm³/mol. The molecule has 9 heteroatoms. The Morgan fingerprint density at radius 2 is 1.64 bits per heavy atom. The second-order valence-electron chi connectivity index (χ2n) is 5.87. The maximum absolute atomic E-state index is 12.7. The Morgan fingerprint density at radius 3 is 2.21 bits per heavy atom. The number of nitrogens with one attached hydrogen (secondary N) is 1. The average Bonchev–Trinajstić information content (AvgIpc) is 2.65. The van der Waals surface area contributed by atoms with Crippen molar-refractivity contribution in [3.8, 4) is 17.5 Å². The number of aryl methyl sites for hydroxylation is 2. The van der Waals surface area contributed by atoms with Crippen LogP contribution in [0.4, 0.5) is 5.69 Å². The number of nitrogens with zero attached hydrogens (tertiary/aromatic N) is 2. The van der Waals surface area contributed by atoms with E-state index in [4.69, 9.17) is 21.1 Å². The largest absolute Gasteiger partial charge is 0.495 e. The third-order valence-corrected chi connectivity index (χ3v) is 5.52. The van der Waals surface area contributed by atoms with Gasteiger partial charge in [0.1, 0.15) is 11.5 Å². The number of halogens is 1. The molecule has 7 nitrogen and oxygen atoms in total. The fourth-order valence-corrected chi connectivity index (χ4v) is 4.00. The van der Waals surface area contributed by atoms with Crippen LogP contribution in [-0.4, -0.2) is 25.5 Å². The van der Waals surface area contributed by atoms with E-state index in [9.17, 15) is 8.42 Å². The maximum Gasteiger partial charge on any atom is 0.322 e. The zero-order chi connectivity index (χ0) is 20.3. The Bertz CT molecular complexity index is 1080. The van der Waals surface area contributed by atoms with E-state index in [0.717, 1.165) is 0 Å². The van der Waals surface area contributed by atoms with Gasteiger partial charge in [-0.05, 0) is 44.2 Å². The van der Waals surface area contributed by atoms with Crippen molar-refractivity contribution in [2.45, 2.75) is 18.7 Å². The van der Waals surface area contributed by atoms with Crippen molar-refractivity contribution in [1.82, 2.24) is 9.97 Å². The van der Waals surface area contributed by atoms with Crippen molar-refractivity contribution < 1.29 is 17.9 Å². The molecule has 0 radical (unpaired) electrons. The van der Waals surface area contributed by atoms with E-state index in [-0.39, 0.29) is 21.6 Å². The van der Waals surface area contributed by atoms with Crippen LogP contribution >= 0.6 is 11.6 Å². The van der Waals surface area contributed by atoms with E-state index >= 15 is 0 Å². The van der Waals surface area contributed by atoms with Gasteiger partial charge in [0.2, 0.25) is 0 Å². The molecule has 1 heterocycles. The number of sulfonamides is 1. The molecule has 2 aromatic carbocycles. The number of para-hydroxylation sites is 1. The Labute approximate surface area is 168 Å². The van der Waals surface area contributed by atoms with E-state index in [1.165, 1.54) is 25.3 Å². The van der Waals surface area contributed by atoms with Crippen molar-refractivity contribution in [2.75, 3.05) is 11.8 Å². The summed E-state index contributed by atoms with van der Waals surface area (Å²) >= 11 is 6.04. The summed E-state index contributed by atoms with van der Waals surface area (Å²) in [4.78, 5) is 8.49. The molecule has 0 atom stereocenters. The lowest BCUT2D eigenvalue weighted by atomic mass is 10.3. The summed E-state index contributed by atoms with van der Waals surface area (Å²) in [5, 5.41) is 0.196. The Kier molecular flexibility index (Phi) is 5.71. The maximum atomic E-state index is 12.7. The average molecular weight is 420 g/mol. The first-order valence-electron chi connectivity index (χ1n) is 8.24. The van der Waals surface area contributed by atoms with Crippen LogP contribution in [-0.2, 0) is 10.0 Å². The Morgan fingerprint density at radius 1 is 1.00 bits per heavy atom. The number of rotatable bonds is 6. The van der Waals surface area contributed by atoms with Gasteiger partial charge in [-0.3, -0.25) is 4.72 Å². The molecule has 3 rings (SSSR count). The summed E-state index contributed by atoms with van der Waals surface area (Å²) in [5.41, 5.74) is 1.15. The number of hydrogen-bond acceptors (Lipinski definition) is 6. The number of anilines is 1. The van der Waals surface area contributed by atoms with Crippen molar-refractivity contribution in [3.63, 3.8) is 0 Å². The molecule has 1 aromatic heterocycles. The van der Waals surface area contributed by atoms with Crippen LogP contribution in [0.5, 0.6) is 17.5 Å². The first-order chi connectivity index (χ1) is 13.3. The molecule has 0 aliphatic carbocycles. The summed E-state index contributed by atoms with van der Waals surface area (Å²) in [6.07, 6.45) is 0. The highest BCUT2D eigenvalue weighted by Crippen LogP contribution is 2.29. The van der Waals surface area contributed by atoms with Crippen molar-refractivity contribution in [2.24, 2.45) is 0 Å². The molecule has 0 saturated heterocycles. The van der Waals surface area contributed by atoms with Crippen LogP contribution in [0.15, 0.2) is 53.4 Å². The summed E-state index contributed by atoms with van der Waals surface area (Å²) in [6.45, 7) is 3.34. The molecule has 0 amide bonds. The minimum Gasteiger partial charge on any atom is -0.495 e. The van der Waals surface area contributed by atoms with Gasteiger partial charge in [-0.1, -0.05) is 29.8 Å². The molecule has 28 heavy (non-hydrogen) atoms. The zero-order valence-electron chi connectivity index (χ0n) is 15.4. The van der Waals surface area contributed by atoms with Crippen molar-refractivity contribution in [1.29, 1.82) is 0 Å². The van der Waals surface area contributed by atoms with Crippen molar-refractivity contribution >= 4 is 27.3 Å². The molecule has 1 N–H and O–H groups in total. The highest BCUT2D eigenvalue weighted by Gasteiger charge is 2.20. The van der Waals surface area contributed by atoms with Crippen LogP contribution in [0.1, 0.15) is 11.4 Å². The van der Waals surface area contributed by atoms with E-state index in [2.05, 4.69) is 14.7 Å². The third-order valence-electron chi connectivity index (χ3n) is 3.87. The van der Waals surface area contributed by atoms with E-state index in [0.29, 0.717) is 22.9 Å². The van der Waals surface area contributed by atoms with Crippen LogP contribution in [0.25, 0.3) is 0 Å². The second-order valence-corrected chi connectivity index (χ2v) is 7.96. The van der Waals surface area contributed by atoms with E-state index in [1.807, 2.05) is 18.2 Å². The molecule has 0 aliphatic rings. The van der Waals surface area contributed by atoms with Crippen LogP contribution in [0, 0.1) is 13.8 Å². The van der Waals surface area contributed by atoms with E-state index in [1.54, 1.807) is 26.0 Å². The molecule has 0 fully saturated rings. The highest BCUT2D eigenvalue weighted by molar-refractivity contribution is 7.92. The standard InChI is InChI=1S/C19H18ClN3O4S/c1-12-18(13(2)22-19(21-12)27-14-7-5-4-6-8-14)23-28(24,25)15-9-10-17(26-3)16(20)11-15/h4-11,23H,1-3H3. The van der Waals surface area contributed by atoms with Gasteiger partial charge in [0.25, 0.3) is 10.0 Å². The molecule has 146 valence electrons. The van der Waals surface area contributed by atoms with Gasteiger partial charge in [-0.15, -0.1) is 0 Å². The number of aromatic nitrogens is 2. The quantitative estimate of drug-likeness (QED) is 0.638. The lowest BCUT2D eigenvalue weighted by molar-refractivity contribution is 0.414. The van der Waals surface area contributed by atoms with Gasteiger partial charge in [0.15, 0.2) is 0 Å². The molecular formula is C19H18ClN3O4S. The monoisotopic (exact) mass is 419 g/mol. The fourth-order valence-electron chi connectivity index (χ4n) is 2.48. The second kappa shape index (κ2) is 8.04.